The van der Waals surface area contributed by atoms with Crippen molar-refractivity contribution in [3.63, 3.8) is 0 Å². The summed E-state index contributed by atoms with van der Waals surface area (Å²) in [7, 11) is 0. The lowest BCUT2D eigenvalue weighted by molar-refractivity contribution is 0.325. The van der Waals surface area contributed by atoms with Gasteiger partial charge in [-0.25, -0.2) is 4.98 Å². The van der Waals surface area contributed by atoms with Crippen LogP contribution in [-0.4, -0.2) is 21.6 Å². The Morgan fingerprint density at radius 3 is 2.38 bits per heavy atom. The summed E-state index contributed by atoms with van der Waals surface area (Å²) < 4.78 is 5.89. The monoisotopic (exact) mass is 341 g/mol. The lowest BCUT2D eigenvalue weighted by atomic mass is 10.2. The third-order valence-electron chi connectivity index (χ3n) is 4.73. The molecule has 0 saturated carbocycles. The minimum Gasteiger partial charge on any atom is -0.493 e. The van der Waals surface area contributed by atoms with E-state index in [1.165, 1.54) is 5.56 Å². The third-order valence-corrected chi connectivity index (χ3v) is 4.73. The number of H-pyrrole nitrogens is 1. The van der Waals surface area contributed by atoms with Crippen LogP contribution in [0.15, 0.2) is 48.5 Å². The number of hydrogen-bond donors (Lipinski definition) is 1. The number of fused-ring (bicyclic) bond motifs is 9. The average molecular weight is 341 g/mol. The molecular formula is C22H19N3O. The molecule has 0 atom stereocenters. The number of rotatable bonds is 0. The molecule has 2 aromatic rings. The molecule has 0 aromatic carbocycles. The van der Waals surface area contributed by atoms with Gasteiger partial charge in [-0.15, -0.1) is 0 Å². The number of aromatic nitrogens is 3. The maximum Gasteiger partial charge on any atom is 0.121 e. The van der Waals surface area contributed by atoms with E-state index in [9.17, 15) is 0 Å². The van der Waals surface area contributed by atoms with E-state index in [1.807, 2.05) is 18.2 Å². The highest BCUT2D eigenvalue weighted by Gasteiger charge is 2.08. The minimum absolute atomic E-state index is 0.680. The smallest absolute Gasteiger partial charge is 0.121 e. The molecule has 0 amide bonds. The quantitative estimate of drug-likeness (QED) is 0.664. The highest BCUT2D eigenvalue weighted by Crippen LogP contribution is 2.19. The zero-order chi connectivity index (χ0) is 17.3. The van der Waals surface area contributed by atoms with Gasteiger partial charge in [0, 0.05) is 34.9 Å². The fourth-order valence-corrected chi connectivity index (χ4v) is 3.43. The van der Waals surface area contributed by atoms with E-state index >= 15 is 0 Å². The molecule has 0 unspecified atom stereocenters. The lowest BCUT2D eigenvalue weighted by Gasteiger charge is -2.01. The number of aryl methyl sites for hydroxylation is 2. The molecule has 4 heteroatoms. The highest BCUT2D eigenvalue weighted by atomic mass is 16.5. The summed E-state index contributed by atoms with van der Waals surface area (Å²) in [5.41, 5.74) is 7.44. The molecule has 3 aliphatic rings. The first kappa shape index (κ1) is 15.1. The Bertz CT molecular complexity index is 1080. The van der Waals surface area contributed by atoms with Gasteiger partial charge >= 0.3 is 0 Å². The van der Waals surface area contributed by atoms with Crippen molar-refractivity contribution >= 4 is 23.2 Å². The highest BCUT2D eigenvalue weighted by molar-refractivity contribution is 5.73. The van der Waals surface area contributed by atoms with Crippen molar-refractivity contribution in [3.05, 3.63) is 76.9 Å². The Morgan fingerprint density at radius 2 is 1.50 bits per heavy atom. The summed E-state index contributed by atoms with van der Waals surface area (Å²) in [6.45, 7) is 0.680. The first-order chi connectivity index (χ1) is 12.8. The van der Waals surface area contributed by atoms with Crippen molar-refractivity contribution in [2.75, 3.05) is 6.61 Å². The summed E-state index contributed by atoms with van der Waals surface area (Å²) >= 11 is 0. The zero-order valence-corrected chi connectivity index (χ0v) is 14.4. The topological polar surface area (TPSA) is 50.8 Å². The first-order valence-electron chi connectivity index (χ1n) is 8.99. The predicted molar refractivity (Wildman–Crippen MR) is 103 cm³/mol. The number of aromatic amines is 1. The average Bonchev–Trinajstić information content (AvgIpc) is 3.32. The van der Waals surface area contributed by atoms with Crippen LogP contribution >= 0.6 is 0 Å². The van der Waals surface area contributed by atoms with Crippen LogP contribution in [0.2, 0.25) is 0 Å². The van der Waals surface area contributed by atoms with Crippen molar-refractivity contribution < 1.29 is 4.74 Å². The molecule has 3 aliphatic heterocycles. The molecule has 26 heavy (non-hydrogen) atoms. The molecule has 128 valence electrons. The summed E-state index contributed by atoms with van der Waals surface area (Å²) in [5.74, 6) is 0.881. The maximum absolute atomic E-state index is 5.89. The minimum atomic E-state index is 0.680. The largest absolute Gasteiger partial charge is 0.493 e. The zero-order valence-electron chi connectivity index (χ0n) is 14.4. The van der Waals surface area contributed by atoms with E-state index in [-0.39, 0.29) is 0 Å². The van der Waals surface area contributed by atoms with Gasteiger partial charge < -0.3 is 9.72 Å². The van der Waals surface area contributed by atoms with Gasteiger partial charge in [-0.1, -0.05) is 6.07 Å². The van der Waals surface area contributed by atoms with E-state index in [0.29, 0.717) is 6.61 Å². The summed E-state index contributed by atoms with van der Waals surface area (Å²) in [6, 6.07) is 16.7. The van der Waals surface area contributed by atoms with E-state index in [2.05, 4.69) is 52.4 Å². The molecule has 0 spiro atoms. The Kier molecular flexibility index (Phi) is 3.67. The second kappa shape index (κ2) is 6.30. The molecule has 5 heterocycles. The Balaban J connectivity index is 1.78. The van der Waals surface area contributed by atoms with Crippen molar-refractivity contribution in [3.8, 4) is 5.75 Å². The summed E-state index contributed by atoms with van der Waals surface area (Å²) in [4.78, 5) is 12.9. The summed E-state index contributed by atoms with van der Waals surface area (Å²) in [6.07, 6.45) is 6.86. The van der Waals surface area contributed by atoms with Gasteiger partial charge in [-0.3, -0.25) is 4.98 Å². The molecule has 0 fully saturated rings. The van der Waals surface area contributed by atoms with Gasteiger partial charge in [-0.2, -0.15) is 0 Å². The molecule has 2 aromatic heterocycles. The fraction of sp³-hybridized carbons (Fsp3) is 0.182. The Hall–Kier alpha value is -3.14. The van der Waals surface area contributed by atoms with E-state index in [0.717, 1.165) is 58.8 Å². The van der Waals surface area contributed by atoms with Crippen LogP contribution in [-0.2, 0) is 19.3 Å². The standard InChI is InChI=1S/C22H19N3O/c1-8-22-14-21-7-6-20(25-21)13-19-5-4-18(24-19)12-17-3-2-16(23-17)11-15(1)9-10-26-22/h1-5,8,11-14,23H,6-7,9-10H2. The van der Waals surface area contributed by atoms with Crippen LogP contribution in [0.5, 0.6) is 5.75 Å². The third kappa shape index (κ3) is 3.18. The van der Waals surface area contributed by atoms with Crippen molar-refractivity contribution in [2.24, 2.45) is 0 Å². The van der Waals surface area contributed by atoms with Gasteiger partial charge in [-0.05, 0) is 67.0 Å². The Labute approximate surface area is 151 Å². The van der Waals surface area contributed by atoms with Crippen LogP contribution in [0.3, 0.4) is 0 Å². The van der Waals surface area contributed by atoms with Gasteiger partial charge in [0.15, 0.2) is 0 Å². The fourth-order valence-electron chi connectivity index (χ4n) is 3.43. The van der Waals surface area contributed by atoms with Crippen LogP contribution < -0.4 is 4.74 Å². The molecule has 4 nitrogen and oxygen atoms in total. The van der Waals surface area contributed by atoms with Crippen LogP contribution in [0, 0.1) is 0 Å². The maximum atomic E-state index is 5.89. The summed E-state index contributed by atoms with van der Waals surface area (Å²) in [5, 5.41) is 0. The molecule has 0 aliphatic carbocycles. The predicted octanol–water partition coefficient (Wildman–Crippen LogP) is 4.29. The number of ether oxygens (including phenoxy) is 1. The van der Waals surface area contributed by atoms with Gasteiger partial charge in [0.25, 0.3) is 0 Å². The van der Waals surface area contributed by atoms with Crippen LogP contribution in [0.25, 0.3) is 23.2 Å². The van der Waals surface area contributed by atoms with E-state index in [1.54, 1.807) is 0 Å². The number of nitrogens with one attached hydrogen (secondary N) is 1. The lowest BCUT2D eigenvalue weighted by Crippen LogP contribution is -1.98. The molecule has 0 radical (unpaired) electrons. The molecule has 1 N–H and O–H groups in total. The first-order valence-corrected chi connectivity index (χ1v) is 8.99. The van der Waals surface area contributed by atoms with E-state index in [4.69, 9.17) is 9.72 Å². The normalized spacial score (nSPS) is 14.5. The van der Waals surface area contributed by atoms with Gasteiger partial charge in [0.05, 0.1) is 18.0 Å². The second-order valence-corrected chi connectivity index (χ2v) is 6.74. The van der Waals surface area contributed by atoms with Crippen LogP contribution in [0.1, 0.15) is 28.3 Å². The van der Waals surface area contributed by atoms with Crippen molar-refractivity contribution in [1.29, 1.82) is 0 Å². The number of hydrogen-bond acceptors (Lipinski definition) is 3. The SMILES string of the molecule is C1=Cc2cc3ccc(cc4ccc(cc5nc(cc1n2)CC5)OCC4)[nH]3. The van der Waals surface area contributed by atoms with Gasteiger partial charge in [0.2, 0.25) is 0 Å². The van der Waals surface area contributed by atoms with Crippen LogP contribution in [0.4, 0.5) is 0 Å². The second-order valence-electron chi connectivity index (χ2n) is 6.74. The molecular weight excluding hydrogens is 322 g/mol. The van der Waals surface area contributed by atoms with Crippen molar-refractivity contribution in [1.82, 2.24) is 15.0 Å². The molecule has 0 saturated heterocycles. The number of nitrogens with zero attached hydrogens (tertiary/aromatic N) is 2. The van der Waals surface area contributed by atoms with E-state index < -0.39 is 0 Å². The van der Waals surface area contributed by atoms with Crippen molar-refractivity contribution in [2.45, 2.75) is 19.3 Å². The Morgan fingerprint density at radius 1 is 0.731 bits per heavy atom. The molecule has 8 bridgehead atoms. The molecule has 5 rings (SSSR count). The van der Waals surface area contributed by atoms with Gasteiger partial charge in [0.1, 0.15) is 5.75 Å².